The Morgan fingerprint density at radius 1 is 1.33 bits per heavy atom. The molecule has 1 atom stereocenters. The molecule has 2 aromatic rings. The maximum Gasteiger partial charge on any atom is 0.224 e. The number of hydrogen-bond donors (Lipinski definition) is 1. The van der Waals surface area contributed by atoms with Gasteiger partial charge in [-0.2, -0.15) is 0 Å². The standard InChI is InChI=1S/C21H26FN3OS/c22-17-9-4-10-18-19(17)24-21(27-18)25-13-5-8-16(14-25)20(26)23-12-11-15-6-2-1-3-7-15/h4,6,9-10,16H,1-3,5,7-8,11-14H2,(H,23,26). The molecule has 4 nitrogen and oxygen atoms in total. The zero-order chi connectivity index (χ0) is 18.6. The third-order valence-electron chi connectivity index (χ3n) is 5.55. The first-order chi connectivity index (χ1) is 13.2. The zero-order valence-corrected chi connectivity index (χ0v) is 16.4. The van der Waals surface area contributed by atoms with Crippen molar-refractivity contribution in [1.82, 2.24) is 10.3 Å². The number of carbonyl (C=O) groups excluding carboxylic acids is 1. The lowest BCUT2D eigenvalue weighted by molar-refractivity contribution is -0.125. The van der Waals surface area contributed by atoms with Crippen LogP contribution in [-0.2, 0) is 4.79 Å². The molecule has 0 bridgehead atoms. The van der Waals surface area contributed by atoms with E-state index in [9.17, 15) is 9.18 Å². The van der Waals surface area contributed by atoms with Crippen molar-refractivity contribution >= 4 is 32.6 Å². The van der Waals surface area contributed by atoms with Crippen LogP contribution in [0.4, 0.5) is 9.52 Å². The monoisotopic (exact) mass is 387 g/mol. The van der Waals surface area contributed by atoms with E-state index in [0.717, 1.165) is 42.2 Å². The van der Waals surface area contributed by atoms with Crippen LogP contribution < -0.4 is 10.2 Å². The predicted octanol–water partition coefficient (Wildman–Crippen LogP) is 4.66. The van der Waals surface area contributed by atoms with Crippen LogP contribution in [0.15, 0.2) is 29.8 Å². The Labute approximate surface area is 163 Å². The number of carbonyl (C=O) groups is 1. The van der Waals surface area contributed by atoms with Crippen LogP contribution in [0.25, 0.3) is 10.2 Å². The Hall–Kier alpha value is -1.95. The molecular weight excluding hydrogens is 361 g/mol. The maximum absolute atomic E-state index is 13.9. The highest BCUT2D eigenvalue weighted by Gasteiger charge is 2.27. The van der Waals surface area contributed by atoms with Gasteiger partial charge in [-0.3, -0.25) is 4.79 Å². The minimum atomic E-state index is -0.279. The van der Waals surface area contributed by atoms with Gasteiger partial charge in [-0.1, -0.05) is 29.1 Å². The van der Waals surface area contributed by atoms with Gasteiger partial charge in [-0.15, -0.1) is 0 Å². The van der Waals surface area contributed by atoms with Crippen molar-refractivity contribution in [1.29, 1.82) is 0 Å². The van der Waals surface area contributed by atoms with Crippen LogP contribution in [0, 0.1) is 11.7 Å². The van der Waals surface area contributed by atoms with Gasteiger partial charge in [-0.05, 0) is 57.1 Å². The van der Waals surface area contributed by atoms with E-state index in [2.05, 4.69) is 21.3 Å². The van der Waals surface area contributed by atoms with E-state index in [-0.39, 0.29) is 17.6 Å². The van der Waals surface area contributed by atoms with Crippen LogP contribution in [-0.4, -0.2) is 30.5 Å². The number of anilines is 1. The lowest BCUT2D eigenvalue weighted by Crippen LogP contribution is -2.43. The second kappa shape index (κ2) is 8.38. The zero-order valence-electron chi connectivity index (χ0n) is 15.5. The summed E-state index contributed by atoms with van der Waals surface area (Å²) in [4.78, 5) is 19.2. The highest BCUT2D eigenvalue weighted by Crippen LogP contribution is 2.32. The van der Waals surface area contributed by atoms with Crippen LogP contribution >= 0.6 is 11.3 Å². The fourth-order valence-corrected chi connectivity index (χ4v) is 5.04. The number of halogens is 1. The van der Waals surface area contributed by atoms with Crippen molar-refractivity contribution in [2.75, 3.05) is 24.5 Å². The molecule has 0 spiro atoms. The lowest BCUT2D eigenvalue weighted by Gasteiger charge is -2.31. The maximum atomic E-state index is 13.9. The number of nitrogens with one attached hydrogen (secondary N) is 1. The molecule has 1 aliphatic carbocycles. The number of amides is 1. The summed E-state index contributed by atoms with van der Waals surface area (Å²) in [5.41, 5.74) is 1.92. The van der Waals surface area contributed by atoms with E-state index in [0.29, 0.717) is 12.1 Å². The van der Waals surface area contributed by atoms with E-state index in [1.54, 1.807) is 6.07 Å². The topological polar surface area (TPSA) is 45.2 Å². The average molecular weight is 388 g/mol. The van der Waals surface area contributed by atoms with Crippen molar-refractivity contribution in [3.05, 3.63) is 35.7 Å². The molecule has 1 amide bonds. The smallest absolute Gasteiger partial charge is 0.224 e. The summed E-state index contributed by atoms with van der Waals surface area (Å²) in [7, 11) is 0. The Morgan fingerprint density at radius 3 is 3.07 bits per heavy atom. The van der Waals surface area contributed by atoms with Gasteiger partial charge in [0.25, 0.3) is 0 Å². The molecule has 1 N–H and O–H groups in total. The van der Waals surface area contributed by atoms with Gasteiger partial charge >= 0.3 is 0 Å². The number of aromatic nitrogens is 1. The van der Waals surface area contributed by atoms with E-state index >= 15 is 0 Å². The number of hydrogen-bond acceptors (Lipinski definition) is 4. The van der Waals surface area contributed by atoms with Crippen LogP contribution in [0.2, 0.25) is 0 Å². The van der Waals surface area contributed by atoms with Crippen molar-refractivity contribution < 1.29 is 9.18 Å². The van der Waals surface area contributed by atoms with Crippen molar-refractivity contribution in [3.63, 3.8) is 0 Å². The summed E-state index contributed by atoms with van der Waals surface area (Å²) >= 11 is 1.50. The largest absolute Gasteiger partial charge is 0.355 e. The first kappa shape index (κ1) is 18.4. The number of thiazole rings is 1. The number of rotatable bonds is 5. The molecule has 1 aromatic carbocycles. The SMILES string of the molecule is O=C(NCCC1=CCCCC1)C1CCCN(c2nc3c(F)cccc3s2)C1. The molecule has 27 heavy (non-hydrogen) atoms. The van der Waals surface area contributed by atoms with Gasteiger partial charge in [0.1, 0.15) is 11.3 Å². The molecule has 2 heterocycles. The average Bonchev–Trinajstić information content (AvgIpc) is 3.15. The summed E-state index contributed by atoms with van der Waals surface area (Å²) < 4.78 is 14.8. The molecule has 2 aliphatic rings. The van der Waals surface area contributed by atoms with Crippen molar-refractivity contribution in [3.8, 4) is 0 Å². The Morgan fingerprint density at radius 2 is 2.26 bits per heavy atom. The second-order valence-electron chi connectivity index (χ2n) is 7.52. The fourth-order valence-electron chi connectivity index (χ4n) is 4.03. The molecule has 144 valence electrons. The van der Waals surface area contributed by atoms with Gasteiger partial charge < -0.3 is 10.2 Å². The molecule has 0 saturated carbocycles. The Bertz CT molecular complexity index is 847. The van der Waals surface area contributed by atoms with Crippen LogP contribution in [0.1, 0.15) is 44.9 Å². The number of allylic oxidation sites excluding steroid dienone is 1. The number of benzene rings is 1. The van der Waals surface area contributed by atoms with Crippen LogP contribution in [0.3, 0.4) is 0 Å². The van der Waals surface area contributed by atoms with E-state index < -0.39 is 0 Å². The van der Waals surface area contributed by atoms with E-state index in [1.807, 2.05) is 6.07 Å². The highest BCUT2D eigenvalue weighted by atomic mass is 32.1. The minimum Gasteiger partial charge on any atom is -0.355 e. The Balaban J connectivity index is 1.34. The van der Waals surface area contributed by atoms with Gasteiger partial charge in [0.15, 0.2) is 5.13 Å². The van der Waals surface area contributed by atoms with Crippen LogP contribution in [0.5, 0.6) is 0 Å². The molecule has 1 unspecified atom stereocenters. The number of para-hydroxylation sites is 1. The Kier molecular flexibility index (Phi) is 5.72. The fraction of sp³-hybridized carbons (Fsp3) is 0.524. The third-order valence-corrected chi connectivity index (χ3v) is 6.63. The molecule has 0 radical (unpaired) electrons. The quantitative estimate of drug-likeness (QED) is 0.759. The highest BCUT2D eigenvalue weighted by molar-refractivity contribution is 7.22. The second-order valence-corrected chi connectivity index (χ2v) is 8.53. The van der Waals surface area contributed by atoms with Gasteiger partial charge in [0, 0.05) is 19.6 Å². The third kappa shape index (κ3) is 4.32. The molecule has 1 fully saturated rings. The first-order valence-corrected chi connectivity index (χ1v) is 10.8. The summed E-state index contributed by atoms with van der Waals surface area (Å²) in [6.07, 6.45) is 10.1. The summed E-state index contributed by atoms with van der Waals surface area (Å²) in [6, 6.07) is 5.06. The molecular formula is C21H26FN3OS. The van der Waals surface area contributed by atoms with Crippen molar-refractivity contribution in [2.45, 2.75) is 44.9 Å². The van der Waals surface area contributed by atoms with Gasteiger partial charge in [0.2, 0.25) is 5.91 Å². The predicted molar refractivity (Wildman–Crippen MR) is 109 cm³/mol. The summed E-state index contributed by atoms with van der Waals surface area (Å²) in [6.45, 7) is 2.27. The molecule has 1 aromatic heterocycles. The van der Waals surface area contributed by atoms with Gasteiger partial charge in [-0.25, -0.2) is 9.37 Å². The molecule has 1 saturated heterocycles. The first-order valence-electron chi connectivity index (χ1n) is 9.96. The summed E-state index contributed by atoms with van der Waals surface area (Å²) in [5.74, 6) is -0.155. The number of piperidine rings is 1. The molecule has 1 aliphatic heterocycles. The van der Waals surface area contributed by atoms with E-state index in [1.165, 1.54) is 48.7 Å². The number of fused-ring (bicyclic) bond motifs is 1. The molecule has 6 heteroatoms. The lowest BCUT2D eigenvalue weighted by atomic mass is 9.96. The molecule has 4 rings (SSSR count). The normalized spacial score (nSPS) is 20.6. The number of nitrogens with zero attached hydrogens (tertiary/aromatic N) is 2. The minimum absolute atomic E-state index is 0.0176. The summed E-state index contributed by atoms with van der Waals surface area (Å²) in [5, 5.41) is 3.94. The van der Waals surface area contributed by atoms with E-state index in [4.69, 9.17) is 0 Å². The van der Waals surface area contributed by atoms with Gasteiger partial charge in [0.05, 0.1) is 10.6 Å². The van der Waals surface area contributed by atoms with Crippen molar-refractivity contribution in [2.24, 2.45) is 5.92 Å².